The summed E-state index contributed by atoms with van der Waals surface area (Å²) in [4.78, 5) is 13.3. The average Bonchev–Trinajstić information content (AvgIpc) is 2.68. The summed E-state index contributed by atoms with van der Waals surface area (Å²) in [6.45, 7) is 16.4. The van der Waals surface area contributed by atoms with Crippen molar-refractivity contribution in [3.8, 4) is 0 Å². The number of hydrogen-bond donors (Lipinski definition) is 0. The monoisotopic (exact) mass is 321 g/mol. The Morgan fingerprint density at radius 2 is 1.52 bits per heavy atom. The summed E-state index contributed by atoms with van der Waals surface area (Å²) in [7, 11) is -1.70. The fourth-order valence-electron chi connectivity index (χ4n) is 4.35. The molecule has 0 saturated heterocycles. The smallest absolute Gasteiger partial charge is 0.255 e. The van der Waals surface area contributed by atoms with Crippen LogP contribution in [0.3, 0.4) is 0 Å². The van der Waals surface area contributed by atoms with Gasteiger partial charge in [-0.25, -0.2) is 0 Å². The van der Waals surface area contributed by atoms with E-state index in [0.29, 0.717) is 16.6 Å². The molecule has 116 valence electrons. The van der Waals surface area contributed by atoms with Crippen molar-refractivity contribution in [2.24, 2.45) is 0 Å². The Labute approximate surface area is 132 Å². The maximum atomic E-state index is 12.2. The zero-order valence-corrected chi connectivity index (χ0v) is 16.0. The zero-order valence-electron chi connectivity index (χ0n) is 14.2. The lowest BCUT2D eigenvalue weighted by atomic mass is 10.4. The van der Waals surface area contributed by atoms with E-state index in [9.17, 15) is 4.79 Å². The van der Waals surface area contributed by atoms with Crippen LogP contribution in [0.15, 0.2) is 23.0 Å². The molecule has 2 aromatic heterocycles. The first-order chi connectivity index (χ1) is 9.74. The largest absolute Gasteiger partial charge is 0.272 e. The van der Waals surface area contributed by atoms with Gasteiger partial charge in [0.1, 0.15) is 12.9 Å². The van der Waals surface area contributed by atoms with Crippen LogP contribution in [0.5, 0.6) is 0 Å². The van der Waals surface area contributed by atoms with Crippen molar-refractivity contribution in [1.29, 1.82) is 0 Å². The number of pyridine rings is 1. The highest BCUT2D eigenvalue weighted by atomic mass is 32.1. The van der Waals surface area contributed by atoms with Crippen LogP contribution in [0.25, 0.3) is 4.83 Å². The minimum atomic E-state index is -1.70. The Morgan fingerprint density at radius 1 is 1.00 bits per heavy atom. The first-order valence-electron chi connectivity index (χ1n) is 7.86. The van der Waals surface area contributed by atoms with Gasteiger partial charge < -0.3 is 0 Å². The van der Waals surface area contributed by atoms with Crippen LogP contribution >= 0.6 is 11.3 Å². The summed E-state index contributed by atoms with van der Waals surface area (Å²) in [5.41, 5.74) is 3.29. The van der Waals surface area contributed by atoms with Crippen LogP contribution in [0.4, 0.5) is 0 Å². The van der Waals surface area contributed by atoms with Crippen molar-refractivity contribution in [3.05, 3.63) is 34.2 Å². The maximum Gasteiger partial charge on any atom is 0.255 e. The predicted octanol–water partition coefficient (Wildman–Crippen LogP) is 4.56. The van der Waals surface area contributed by atoms with Gasteiger partial charge in [0.2, 0.25) is 0 Å². The molecule has 0 bridgehead atoms. The molecule has 21 heavy (non-hydrogen) atoms. The van der Waals surface area contributed by atoms with Crippen molar-refractivity contribution in [2.45, 2.75) is 65.1 Å². The number of nitrogens with zero attached hydrogens (tertiary/aromatic N) is 1. The average molecular weight is 322 g/mol. The molecule has 0 saturated carbocycles. The molecule has 0 aliphatic rings. The van der Waals surface area contributed by atoms with Crippen molar-refractivity contribution < 1.29 is 0 Å². The molecular formula is C17H27NOSSi. The molecule has 0 unspecified atom stereocenters. The summed E-state index contributed by atoms with van der Waals surface area (Å²) in [5, 5.41) is 0. The molecular weight excluding hydrogens is 294 g/mol. The molecule has 2 nitrogen and oxygen atoms in total. The molecule has 0 atom stereocenters. The molecule has 0 amide bonds. The summed E-state index contributed by atoms with van der Waals surface area (Å²) in [6.07, 6.45) is 0. The molecule has 2 heterocycles. The lowest BCUT2D eigenvalue weighted by molar-refractivity contribution is 0.835. The van der Waals surface area contributed by atoms with E-state index in [1.807, 2.05) is 21.8 Å². The Morgan fingerprint density at radius 3 is 1.95 bits per heavy atom. The van der Waals surface area contributed by atoms with E-state index in [-0.39, 0.29) is 5.56 Å². The van der Waals surface area contributed by atoms with E-state index < -0.39 is 8.07 Å². The van der Waals surface area contributed by atoms with Gasteiger partial charge in [0.25, 0.3) is 5.56 Å². The van der Waals surface area contributed by atoms with Gasteiger partial charge >= 0.3 is 0 Å². The van der Waals surface area contributed by atoms with Crippen LogP contribution < -0.4 is 10.1 Å². The SMILES string of the molecule is Cc1c([Si](C(C)C)(C(C)C)C(C)C)sc2cccc(=O)n12. The van der Waals surface area contributed by atoms with Gasteiger partial charge in [-0.2, -0.15) is 0 Å². The molecule has 4 heteroatoms. The third-order valence-electron chi connectivity index (χ3n) is 5.05. The minimum absolute atomic E-state index is 0.103. The first kappa shape index (κ1) is 16.5. The van der Waals surface area contributed by atoms with Crippen molar-refractivity contribution in [3.63, 3.8) is 0 Å². The first-order valence-corrected chi connectivity index (χ1v) is 10.9. The lowest BCUT2D eigenvalue weighted by Crippen LogP contribution is -2.55. The summed E-state index contributed by atoms with van der Waals surface area (Å²) < 4.78 is 3.43. The molecule has 2 aromatic rings. The number of fused-ring (bicyclic) bond motifs is 1. The maximum absolute atomic E-state index is 12.2. The Hall–Kier alpha value is -0.873. The molecule has 0 aromatic carbocycles. The van der Waals surface area contributed by atoms with E-state index in [4.69, 9.17) is 0 Å². The van der Waals surface area contributed by atoms with Gasteiger partial charge in [0.15, 0.2) is 0 Å². The normalized spacial score (nSPS) is 13.0. The predicted molar refractivity (Wildman–Crippen MR) is 97.0 cm³/mol. The second kappa shape index (κ2) is 5.73. The molecule has 0 fully saturated rings. The summed E-state index contributed by atoms with van der Waals surface area (Å²) >= 11 is 1.85. The van der Waals surface area contributed by atoms with Gasteiger partial charge in [-0.3, -0.25) is 9.20 Å². The summed E-state index contributed by atoms with van der Waals surface area (Å²) in [6, 6.07) is 5.61. The van der Waals surface area contributed by atoms with Crippen molar-refractivity contribution in [2.75, 3.05) is 0 Å². The Kier molecular flexibility index (Phi) is 4.50. The second-order valence-electron chi connectivity index (χ2n) is 6.95. The van der Waals surface area contributed by atoms with Gasteiger partial charge in [-0.15, -0.1) is 11.3 Å². The quantitative estimate of drug-likeness (QED) is 0.757. The molecule has 0 radical (unpaired) electrons. The Balaban J connectivity index is 2.87. The third kappa shape index (κ3) is 2.32. The van der Waals surface area contributed by atoms with Gasteiger partial charge in [0, 0.05) is 16.3 Å². The van der Waals surface area contributed by atoms with E-state index in [2.05, 4.69) is 54.5 Å². The van der Waals surface area contributed by atoms with Crippen LogP contribution in [0.2, 0.25) is 16.6 Å². The van der Waals surface area contributed by atoms with E-state index in [1.54, 1.807) is 6.07 Å². The van der Waals surface area contributed by atoms with Crippen LogP contribution in [-0.2, 0) is 0 Å². The fourth-order valence-corrected chi connectivity index (χ4v) is 14.7. The standard InChI is InChI=1S/C17H27NOSSi/c1-11(2)21(12(3)4,13(5)6)17-14(7)18-15(19)9-8-10-16(18)20-17/h8-13H,1-7H3. The topological polar surface area (TPSA) is 21.5 Å². The highest BCUT2D eigenvalue weighted by Crippen LogP contribution is 2.42. The molecule has 0 N–H and O–H groups in total. The highest BCUT2D eigenvalue weighted by Gasteiger charge is 2.46. The number of hydrogen-bond acceptors (Lipinski definition) is 2. The Bertz CT molecular complexity index is 675. The van der Waals surface area contributed by atoms with E-state index in [1.165, 1.54) is 10.2 Å². The van der Waals surface area contributed by atoms with Gasteiger partial charge in [-0.1, -0.05) is 47.6 Å². The highest BCUT2D eigenvalue weighted by molar-refractivity contribution is 7.31. The minimum Gasteiger partial charge on any atom is -0.272 e. The van der Waals surface area contributed by atoms with Crippen molar-refractivity contribution in [1.82, 2.24) is 4.40 Å². The van der Waals surface area contributed by atoms with E-state index >= 15 is 0 Å². The van der Waals surface area contributed by atoms with Crippen LogP contribution in [0.1, 0.15) is 47.2 Å². The van der Waals surface area contributed by atoms with E-state index in [0.717, 1.165) is 4.83 Å². The molecule has 0 aliphatic carbocycles. The molecule has 0 aliphatic heterocycles. The van der Waals surface area contributed by atoms with Crippen LogP contribution in [0, 0.1) is 6.92 Å². The van der Waals surface area contributed by atoms with Crippen LogP contribution in [-0.4, -0.2) is 12.5 Å². The van der Waals surface area contributed by atoms with Gasteiger partial charge in [-0.05, 0) is 29.6 Å². The lowest BCUT2D eigenvalue weighted by Gasteiger charge is -2.42. The third-order valence-corrected chi connectivity index (χ3v) is 14.3. The zero-order chi connectivity index (χ0) is 15.9. The van der Waals surface area contributed by atoms with Gasteiger partial charge in [0.05, 0.1) is 0 Å². The summed E-state index contributed by atoms with van der Waals surface area (Å²) in [5.74, 6) is 0. The number of rotatable bonds is 4. The molecule has 2 rings (SSSR count). The fraction of sp³-hybridized carbons (Fsp3) is 0.588. The van der Waals surface area contributed by atoms with Crippen molar-refractivity contribution >= 4 is 28.7 Å². The number of aryl methyl sites for hydroxylation is 1. The number of aromatic nitrogens is 1. The number of thiazole rings is 1. The molecule has 0 spiro atoms. The second-order valence-corrected chi connectivity index (χ2v) is 14.2.